The normalized spacial score (nSPS) is 12.9. The van der Waals surface area contributed by atoms with Gasteiger partial charge in [-0.05, 0) is 116 Å². The van der Waals surface area contributed by atoms with Crippen LogP contribution in [0.15, 0.2) is 12.2 Å². The Kier molecular flexibility index (Phi) is 51.1. The van der Waals surface area contributed by atoms with Gasteiger partial charge in [0, 0.05) is 41.9 Å². The van der Waals surface area contributed by atoms with Crippen LogP contribution in [0.3, 0.4) is 0 Å². The summed E-state index contributed by atoms with van der Waals surface area (Å²) in [6, 6.07) is -4.01. The van der Waals surface area contributed by atoms with E-state index in [-0.39, 0.29) is 6.04 Å². The number of ether oxygens (including phenoxy) is 1. The molecule has 0 aromatic carbocycles. The second-order valence-corrected chi connectivity index (χ2v) is 16.2. The standard InChI is InChI=1S/C10H20N2O3.C10H20N2O2.2C9H18N2O2.C7H15N3O2/c1-2-3-8(11)4-6-15-7-5-9(12)10(13)14;1-2-5-8(11)6-3-4-7-9(12)10(13)14;1-6(2)5-7(10)3-4-8(11)9(12)13;1-2-7(10)5-3-4-6-8(11)9(12)13;8-4-3-5(9)1-2-6(10)7(11)12/h9,11H,2-7,12H2,1H3,(H,13,14);9,11H,2-7,12H2,1H3,(H,13,14);7-8H,1,3-5,10-11H2,2H3,(H,12,13);8,10H,2-6,11H2,1H3,(H,12,13);6,9H,1-4,8,10H2,(H,11,12). The van der Waals surface area contributed by atoms with E-state index in [1.165, 1.54) is 0 Å². The average Bonchev–Trinajstić information content (AvgIpc) is 3.25. The minimum absolute atomic E-state index is 0.0251. The molecule has 0 saturated heterocycles. The van der Waals surface area contributed by atoms with Gasteiger partial charge in [0.05, 0.1) is 6.61 Å². The molecule has 0 aliphatic heterocycles. The summed E-state index contributed by atoms with van der Waals surface area (Å²) >= 11 is 0. The molecule has 0 radical (unpaired) electrons. The molecule has 0 aromatic heterocycles. The van der Waals surface area contributed by atoms with E-state index in [2.05, 4.69) is 13.5 Å². The number of hydrogen-bond donors (Lipinski definition) is 16. The van der Waals surface area contributed by atoms with E-state index < -0.39 is 60.1 Å². The number of carboxylic acid groups (broad SMARTS) is 5. The van der Waals surface area contributed by atoms with Crippen LogP contribution < -0.4 is 40.1 Å². The van der Waals surface area contributed by atoms with E-state index in [9.17, 15) is 24.0 Å². The minimum atomic E-state index is -1.02. The topological polar surface area (TPSA) is 473 Å². The summed E-state index contributed by atoms with van der Waals surface area (Å²) in [4.78, 5) is 51.6. The molecule has 67 heavy (non-hydrogen) atoms. The van der Waals surface area contributed by atoms with Crippen LogP contribution >= 0.6 is 0 Å². The Labute approximate surface area is 398 Å². The summed E-state index contributed by atoms with van der Waals surface area (Å²) in [5, 5.41) is 72.0. The van der Waals surface area contributed by atoms with Crippen LogP contribution in [-0.4, -0.2) is 134 Å². The number of carbonyl (C=O) groups is 5. The molecule has 0 rings (SSSR count). The monoisotopic (exact) mass is 962 g/mol. The van der Waals surface area contributed by atoms with Crippen molar-refractivity contribution < 1.29 is 54.2 Å². The van der Waals surface area contributed by atoms with Gasteiger partial charge in [-0.3, -0.25) is 24.0 Å². The maximum absolute atomic E-state index is 10.4. The van der Waals surface area contributed by atoms with Crippen LogP contribution in [-0.2, 0) is 28.7 Å². The van der Waals surface area contributed by atoms with Crippen molar-refractivity contribution in [2.24, 2.45) is 40.1 Å². The number of hydrogen-bond acceptors (Lipinski definition) is 17. The SMILES string of the molecule is C=C(C)CC(N)CCC(N)C(=O)O.CCC(=N)CCCCC(N)C(=O)O.CCCC(=N)CCCCC(N)C(=O)O.CCCC(=N)CCOCCC(N)C(=O)O.N=C(CCN)CCC(N)C(=O)O. The zero-order valence-corrected chi connectivity index (χ0v) is 40.9. The van der Waals surface area contributed by atoms with Gasteiger partial charge in [-0.25, -0.2) is 0 Å². The molecule has 0 saturated carbocycles. The van der Waals surface area contributed by atoms with Gasteiger partial charge in [0.15, 0.2) is 0 Å². The van der Waals surface area contributed by atoms with Crippen molar-refractivity contribution in [2.45, 2.75) is 199 Å². The fraction of sp³-hybridized carbons (Fsp3) is 0.756. The zero-order valence-electron chi connectivity index (χ0n) is 40.9. The fourth-order valence-corrected chi connectivity index (χ4v) is 5.13. The Morgan fingerprint density at radius 2 is 0.851 bits per heavy atom. The van der Waals surface area contributed by atoms with Crippen molar-refractivity contribution in [2.75, 3.05) is 19.8 Å². The molecule has 0 aliphatic carbocycles. The number of carboxylic acids is 5. The third-order valence-corrected chi connectivity index (χ3v) is 9.39. The Balaban J connectivity index is -0.000000240. The van der Waals surface area contributed by atoms with E-state index in [1.807, 2.05) is 20.8 Å². The second kappa shape index (κ2) is 47.9. The molecular formula is C45H91N11O11. The van der Waals surface area contributed by atoms with Crippen molar-refractivity contribution >= 4 is 52.7 Å². The van der Waals surface area contributed by atoms with E-state index in [4.69, 9.17) is 92.0 Å². The predicted molar refractivity (Wildman–Crippen MR) is 266 cm³/mol. The highest BCUT2D eigenvalue weighted by Crippen LogP contribution is 2.08. The van der Waals surface area contributed by atoms with Crippen molar-refractivity contribution in [3.05, 3.63) is 12.2 Å². The van der Waals surface area contributed by atoms with Crippen LogP contribution in [0.1, 0.15) is 163 Å². The van der Waals surface area contributed by atoms with Gasteiger partial charge in [-0.2, -0.15) is 0 Å². The van der Waals surface area contributed by atoms with Crippen molar-refractivity contribution in [1.29, 1.82) is 21.6 Å². The third kappa shape index (κ3) is 55.7. The minimum Gasteiger partial charge on any atom is -0.480 e. The Morgan fingerprint density at radius 3 is 1.24 bits per heavy atom. The molecule has 6 unspecified atom stereocenters. The Morgan fingerprint density at radius 1 is 0.478 bits per heavy atom. The van der Waals surface area contributed by atoms with E-state index >= 15 is 0 Å². The predicted octanol–water partition coefficient (Wildman–Crippen LogP) is 4.20. The lowest BCUT2D eigenvalue weighted by Crippen LogP contribution is -2.32. The number of nitrogens with one attached hydrogen (secondary N) is 4. The number of nitrogens with two attached hydrogens (primary N) is 7. The first-order chi connectivity index (χ1) is 31.2. The molecule has 22 heteroatoms. The molecule has 23 N–H and O–H groups in total. The van der Waals surface area contributed by atoms with Gasteiger partial charge in [-0.15, -0.1) is 6.58 Å². The summed E-state index contributed by atoms with van der Waals surface area (Å²) in [7, 11) is 0. The molecule has 0 bridgehead atoms. The maximum Gasteiger partial charge on any atom is 0.320 e. The van der Waals surface area contributed by atoms with E-state index in [0.29, 0.717) is 89.0 Å². The summed E-state index contributed by atoms with van der Waals surface area (Å²) in [5.74, 6) is -4.87. The van der Waals surface area contributed by atoms with Gasteiger partial charge in [0.25, 0.3) is 0 Å². The maximum atomic E-state index is 10.4. The van der Waals surface area contributed by atoms with Crippen LogP contribution in [0.2, 0.25) is 0 Å². The molecule has 22 nitrogen and oxygen atoms in total. The highest BCUT2D eigenvalue weighted by atomic mass is 16.5. The zero-order chi connectivity index (χ0) is 52.9. The first-order valence-electron chi connectivity index (χ1n) is 23.1. The lowest BCUT2D eigenvalue weighted by molar-refractivity contribution is -0.139. The quantitative estimate of drug-likeness (QED) is 0.0238. The van der Waals surface area contributed by atoms with Crippen LogP contribution in [0.5, 0.6) is 0 Å². The fourth-order valence-electron chi connectivity index (χ4n) is 5.13. The second-order valence-electron chi connectivity index (χ2n) is 16.2. The molecule has 0 fully saturated rings. The smallest absolute Gasteiger partial charge is 0.320 e. The first-order valence-corrected chi connectivity index (χ1v) is 23.1. The van der Waals surface area contributed by atoms with Gasteiger partial charge < -0.3 is 92.0 Å². The van der Waals surface area contributed by atoms with Crippen molar-refractivity contribution in [1.82, 2.24) is 0 Å². The summed E-state index contributed by atoms with van der Waals surface area (Å²) < 4.78 is 5.19. The third-order valence-electron chi connectivity index (χ3n) is 9.39. The lowest BCUT2D eigenvalue weighted by atomic mass is 10.0. The van der Waals surface area contributed by atoms with E-state index in [1.54, 1.807) is 0 Å². The number of aliphatic carboxylic acids is 5. The van der Waals surface area contributed by atoms with Gasteiger partial charge in [0.1, 0.15) is 30.2 Å². The molecule has 6 atom stereocenters. The highest BCUT2D eigenvalue weighted by molar-refractivity contribution is 5.83. The number of rotatable bonds is 36. The molecule has 0 aliphatic rings. The van der Waals surface area contributed by atoms with Crippen LogP contribution in [0.4, 0.5) is 0 Å². The van der Waals surface area contributed by atoms with Crippen molar-refractivity contribution in [3.63, 3.8) is 0 Å². The van der Waals surface area contributed by atoms with E-state index in [0.717, 1.165) is 94.0 Å². The Bertz CT molecular complexity index is 1420. The summed E-state index contributed by atoms with van der Waals surface area (Å²) in [6.07, 6.45) is 14.3. The molecule has 0 spiro atoms. The van der Waals surface area contributed by atoms with Gasteiger partial charge in [-0.1, -0.05) is 52.0 Å². The van der Waals surface area contributed by atoms with Crippen molar-refractivity contribution in [3.8, 4) is 0 Å². The van der Waals surface area contributed by atoms with Gasteiger partial charge in [0.2, 0.25) is 0 Å². The van der Waals surface area contributed by atoms with Crippen LogP contribution in [0, 0.1) is 21.6 Å². The first kappa shape index (κ1) is 71.4. The molecular weight excluding hydrogens is 871 g/mol. The molecule has 0 amide bonds. The summed E-state index contributed by atoms with van der Waals surface area (Å²) in [6.45, 7) is 12.9. The summed E-state index contributed by atoms with van der Waals surface area (Å²) in [5.41, 5.74) is 41.1. The highest BCUT2D eigenvalue weighted by Gasteiger charge is 2.15. The van der Waals surface area contributed by atoms with Crippen LogP contribution in [0.25, 0.3) is 0 Å². The average molecular weight is 962 g/mol. The Hall–Kier alpha value is -4.55. The molecule has 0 aromatic rings. The molecule has 0 heterocycles. The largest absolute Gasteiger partial charge is 0.480 e. The number of unbranched alkanes of at least 4 members (excludes halogenated alkanes) is 2. The molecule has 392 valence electrons. The lowest BCUT2D eigenvalue weighted by Gasteiger charge is -2.12. The van der Waals surface area contributed by atoms with Gasteiger partial charge >= 0.3 is 29.8 Å².